The molecule has 1 N–H and O–H groups in total. The number of carboxylic acid groups (broad SMARTS) is 1. The van der Waals surface area contributed by atoms with E-state index in [2.05, 4.69) is 10.2 Å². The summed E-state index contributed by atoms with van der Waals surface area (Å²) in [5.41, 5.74) is 0.504. The summed E-state index contributed by atoms with van der Waals surface area (Å²) in [6.45, 7) is 1.49. The van der Waals surface area contributed by atoms with E-state index in [-0.39, 0.29) is 17.5 Å². The highest BCUT2D eigenvalue weighted by atomic mass is 19.1. The third-order valence-corrected chi connectivity index (χ3v) is 3.54. The highest BCUT2D eigenvalue weighted by Gasteiger charge is 2.28. The van der Waals surface area contributed by atoms with Crippen LogP contribution >= 0.6 is 0 Å². The van der Waals surface area contributed by atoms with Gasteiger partial charge in [0.2, 0.25) is 11.8 Å². The van der Waals surface area contributed by atoms with Gasteiger partial charge in [0, 0.05) is 11.6 Å². The Morgan fingerprint density at radius 1 is 1.12 bits per heavy atom. The van der Waals surface area contributed by atoms with Crippen LogP contribution in [0.3, 0.4) is 0 Å². The molecule has 1 unspecified atom stereocenters. The molecule has 3 aromatic rings. The normalized spacial score (nSPS) is 12.0. The number of nitrogens with zero attached hydrogens (tertiary/aromatic N) is 3. The molecular weight excluding hydrogens is 332 g/mol. The Kier molecular flexibility index (Phi) is 4.42. The maximum Gasteiger partial charge on any atom is 0.412 e. The predicted molar refractivity (Wildman–Crippen MR) is 85.0 cm³/mol. The zero-order valence-electron chi connectivity index (χ0n) is 13.1. The van der Waals surface area contributed by atoms with Gasteiger partial charge in [0.25, 0.3) is 0 Å². The molecule has 0 saturated carbocycles. The minimum absolute atomic E-state index is 0.00548. The van der Waals surface area contributed by atoms with E-state index in [1.54, 1.807) is 24.3 Å². The van der Waals surface area contributed by atoms with E-state index in [9.17, 15) is 18.7 Å². The first-order valence-corrected chi connectivity index (χ1v) is 7.33. The summed E-state index contributed by atoms with van der Waals surface area (Å²) >= 11 is 0. The molecule has 2 aromatic carbocycles. The quantitative estimate of drug-likeness (QED) is 0.764. The van der Waals surface area contributed by atoms with Crippen molar-refractivity contribution in [1.29, 1.82) is 0 Å². The molecule has 8 heteroatoms. The van der Waals surface area contributed by atoms with Crippen LogP contribution < -0.4 is 4.90 Å². The molecule has 1 aromatic heterocycles. The monoisotopic (exact) mass is 345 g/mol. The van der Waals surface area contributed by atoms with Gasteiger partial charge in [-0.15, -0.1) is 10.2 Å². The first-order valence-electron chi connectivity index (χ1n) is 7.33. The molecule has 1 atom stereocenters. The number of halogens is 2. The second-order valence-corrected chi connectivity index (χ2v) is 5.27. The maximum atomic E-state index is 13.4. The molecule has 0 radical (unpaired) electrons. The second-order valence-electron chi connectivity index (χ2n) is 5.27. The summed E-state index contributed by atoms with van der Waals surface area (Å²) in [6, 6.07) is 10.5. The summed E-state index contributed by atoms with van der Waals surface area (Å²) in [5.74, 6) is -1.54. The first kappa shape index (κ1) is 16.6. The molecule has 0 spiro atoms. The van der Waals surface area contributed by atoms with Crippen molar-refractivity contribution < 1.29 is 23.1 Å². The highest BCUT2D eigenvalue weighted by molar-refractivity contribution is 5.86. The summed E-state index contributed by atoms with van der Waals surface area (Å²) in [6.07, 6.45) is -1.41. The average molecular weight is 345 g/mol. The van der Waals surface area contributed by atoms with Gasteiger partial charge in [-0.25, -0.2) is 13.6 Å². The number of amides is 1. The van der Waals surface area contributed by atoms with Crippen molar-refractivity contribution in [2.24, 2.45) is 0 Å². The van der Waals surface area contributed by atoms with Gasteiger partial charge in [0.05, 0.1) is 5.69 Å². The van der Waals surface area contributed by atoms with Crippen molar-refractivity contribution in [1.82, 2.24) is 10.2 Å². The van der Waals surface area contributed by atoms with Gasteiger partial charge in [-0.2, -0.15) is 0 Å². The Morgan fingerprint density at radius 3 is 2.36 bits per heavy atom. The van der Waals surface area contributed by atoms with Gasteiger partial charge in [0.1, 0.15) is 17.7 Å². The largest absolute Gasteiger partial charge is 0.465 e. The zero-order chi connectivity index (χ0) is 18.0. The second kappa shape index (κ2) is 6.68. The molecule has 6 nitrogen and oxygen atoms in total. The van der Waals surface area contributed by atoms with Crippen LogP contribution in [0.25, 0.3) is 11.5 Å². The van der Waals surface area contributed by atoms with E-state index < -0.39 is 23.8 Å². The van der Waals surface area contributed by atoms with Crippen molar-refractivity contribution in [2.75, 3.05) is 4.90 Å². The average Bonchev–Trinajstić information content (AvgIpc) is 3.04. The lowest BCUT2D eigenvalue weighted by Gasteiger charge is -2.24. The van der Waals surface area contributed by atoms with Crippen LogP contribution in [0.15, 0.2) is 52.9 Å². The molecule has 1 heterocycles. The number of rotatable bonds is 4. The lowest BCUT2D eigenvalue weighted by molar-refractivity contribution is 0.198. The number of benzene rings is 2. The summed E-state index contributed by atoms with van der Waals surface area (Å²) in [7, 11) is 0. The Balaban J connectivity index is 1.95. The lowest BCUT2D eigenvalue weighted by atomic mass is 10.2. The minimum Gasteiger partial charge on any atom is -0.465 e. The van der Waals surface area contributed by atoms with Crippen molar-refractivity contribution >= 4 is 11.8 Å². The Morgan fingerprint density at radius 2 is 1.76 bits per heavy atom. The van der Waals surface area contributed by atoms with E-state index in [0.29, 0.717) is 11.6 Å². The van der Waals surface area contributed by atoms with Crippen LogP contribution in [0.4, 0.5) is 19.3 Å². The van der Waals surface area contributed by atoms with Gasteiger partial charge in [-0.3, -0.25) is 4.90 Å². The van der Waals surface area contributed by atoms with Crippen LogP contribution in [0.5, 0.6) is 0 Å². The topological polar surface area (TPSA) is 79.5 Å². The predicted octanol–water partition coefficient (Wildman–Crippen LogP) is 4.26. The smallest absolute Gasteiger partial charge is 0.412 e. The van der Waals surface area contributed by atoms with Crippen LogP contribution in [0.1, 0.15) is 18.9 Å². The molecule has 0 fully saturated rings. The van der Waals surface area contributed by atoms with Crippen LogP contribution in [0.2, 0.25) is 0 Å². The number of hydrogen-bond acceptors (Lipinski definition) is 4. The molecule has 3 rings (SSSR count). The molecule has 0 saturated heterocycles. The van der Waals surface area contributed by atoms with Crippen LogP contribution in [-0.2, 0) is 0 Å². The van der Waals surface area contributed by atoms with Crippen molar-refractivity contribution in [3.8, 4) is 11.5 Å². The zero-order valence-corrected chi connectivity index (χ0v) is 13.1. The molecule has 0 aliphatic carbocycles. The highest BCUT2D eigenvalue weighted by Crippen LogP contribution is 2.29. The maximum absolute atomic E-state index is 13.4. The fourth-order valence-electron chi connectivity index (χ4n) is 2.39. The van der Waals surface area contributed by atoms with Gasteiger partial charge < -0.3 is 9.52 Å². The number of carbonyl (C=O) groups is 1. The molecule has 0 bridgehead atoms. The molecule has 25 heavy (non-hydrogen) atoms. The van der Waals surface area contributed by atoms with E-state index in [1.807, 2.05) is 6.07 Å². The number of anilines is 1. The molecule has 1 amide bonds. The van der Waals surface area contributed by atoms with Crippen molar-refractivity contribution in [3.05, 3.63) is 66.1 Å². The Labute approximate surface area is 141 Å². The molecular formula is C17H13F2N3O3. The van der Waals surface area contributed by atoms with E-state index in [4.69, 9.17) is 4.42 Å². The van der Waals surface area contributed by atoms with Gasteiger partial charge in [-0.05, 0) is 31.2 Å². The van der Waals surface area contributed by atoms with Crippen LogP contribution in [-0.4, -0.2) is 21.4 Å². The standard InChI is InChI=1S/C17H13F2N3O3/c1-10(15-20-21-16(25-15)11-5-3-2-4-6-11)22(17(23)24)14-8-12(18)7-13(19)9-14/h2-10H,1H3,(H,23,24). The third kappa shape index (κ3) is 3.47. The number of aromatic nitrogens is 2. The van der Waals surface area contributed by atoms with E-state index in [1.165, 1.54) is 6.92 Å². The minimum atomic E-state index is -1.41. The summed E-state index contributed by atoms with van der Waals surface area (Å²) in [5, 5.41) is 17.2. The molecule has 128 valence electrons. The first-order chi connectivity index (χ1) is 12.0. The van der Waals surface area contributed by atoms with Crippen LogP contribution in [0, 0.1) is 11.6 Å². The lowest BCUT2D eigenvalue weighted by Crippen LogP contribution is -2.32. The fraction of sp³-hybridized carbons (Fsp3) is 0.118. The Hall–Kier alpha value is -3.29. The Bertz CT molecular complexity index is 879. The number of hydrogen-bond donors (Lipinski definition) is 1. The summed E-state index contributed by atoms with van der Waals surface area (Å²) < 4.78 is 32.4. The van der Waals surface area contributed by atoms with E-state index >= 15 is 0 Å². The third-order valence-electron chi connectivity index (χ3n) is 3.54. The SMILES string of the molecule is CC(c1nnc(-c2ccccc2)o1)N(C(=O)O)c1cc(F)cc(F)c1. The fourth-order valence-corrected chi connectivity index (χ4v) is 2.39. The van der Waals surface area contributed by atoms with Gasteiger partial charge in [0.15, 0.2) is 0 Å². The molecule has 0 aliphatic heterocycles. The van der Waals surface area contributed by atoms with Gasteiger partial charge >= 0.3 is 6.09 Å². The van der Waals surface area contributed by atoms with Gasteiger partial charge in [-0.1, -0.05) is 18.2 Å². The van der Waals surface area contributed by atoms with Crippen molar-refractivity contribution in [3.63, 3.8) is 0 Å². The molecule has 0 aliphatic rings. The van der Waals surface area contributed by atoms with E-state index in [0.717, 1.165) is 17.0 Å². The summed E-state index contributed by atoms with van der Waals surface area (Å²) in [4.78, 5) is 12.4. The van der Waals surface area contributed by atoms with Crippen molar-refractivity contribution in [2.45, 2.75) is 13.0 Å².